The number of fused-ring (bicyclic) bond motifs is 1. The third kappa shape index (κ3) is 3.59. The van der Waals surface area contributed by atoms with Crippen molar-refractivity contribution in [3.8, 4) is 0 Å². The Labute approximate surface area is 140 Å². The van der Waals surface area contributed by atoms with E-state index >= 15 is 0 Å². The molecule has 3 rings (SSSR count). The number of rotatable bonds is 8. The number of ether oxygens (including phenoxy) is 1. The van der Waals surface area contributed by atoms with Gasteiger partial charge in [-0.3, -0.25) is 4.57 Å². The fraction of sp³-hybridized carbons (Fsp3) is 0.643. The highest BCUT2D eigenvalue weighted by Gasteiger charge is 2.46. The van der Waals surface area contributed by atoms with Crippen LogP contribution in [-0.4, -0.2) is 44.7 Å². The molecule has 2 heterocycles. The quantitative estimate of drug-likeness (QED) is 0.715. The maximum atomic E-state index is 12.5. The molecule has 1 unspecified atom stereocenters. The summed E-state index contributed by atoms with van der Waals surface area (Å²) in [6.07, 6.45) is 5.20. The van der Waals surface area contributed by atoms with E-state index < -0.39 is 7.60 Å². The van der Waals surface area contributed by atoms with E-state index in [0.717, 1.165) is 18.4 Å². The average Bonchev–Trinajstić information content (AvgIpc) is 3.18. The first-order valence-corrected chi connectivity index (χ1v) is 9.49. The third-order valence-electron chi connectivity index (χ3n) is 3.90. The van der Waals surface area contributed by atoms with Crippen LogP contribution in [0, 0.1) is 0 Å². The van der Waals surface area contributed by atoms with Gasteiger partial charge in [0.2, 0.25) is 5.95 Å². The van der Waals surface area contributed by atoms with Crippen molar-refractivity contribution in [1.29, 1.82) is 0 Å². The number of hydrogen-bond acceptors (Lipinski definition) is 8. The molecule has 0 spiro atoms. The van der Waals surface area contributed by atoms with Gasteiger partial charge in [0.05, 0.1) is 17.9 Å². The van der Waals surface area contributed by atoms with E-state index in [-0.39, 0.29) is 24.0 Å². The molecule has 1 saturated carbocycles. The van der Waals surface area contributed by atoms with Crippen LogP contribution in [0.3, 0.4) is 0 Å². The molecule has 0 radical (unpaired) electrons. The Morgan fingerprint density at radius 3 is 2.79 bits per heavy atom. The molecule has 0 aromatic carbocycles. The smallest absolute Gasteiger partial charge is 0.356 e. The molecule has 0 aliphatic heterocycles. The Morgan fingerprint density at radius 2 is 2.17 bits per heavy atom. The van der Waals surface area contributed by atoms with E-state index in [0.29, 0.717) is 12.1 Å². The maximum Gasteiger partial charge on any atom is 0.356 e. The zero-order valence-corrected chi connectivity index (χ0v) is 14.9. The lowest BCUT2D eigenvalue weighted by molar-refractivity contribution is 0.0452. The van der Waals surface area contributed by atoms with Crippen molar-refractivity contribution < 1.29 is 18.3 Å². The molecule has 1 aliphatic rings. The molecule has 2 aromatic heterocycles. The molecule has 2 aromatic rings. The molecular formula is C14H22N5O4P. The first-order valence-electron chi connectivity index (χ1n) is 7.77. The highest BCUT2D eigenvalue weighted by Crippen LogP contribution is 2.52. The van der Waals surface area contributed by atoms with Crippen LogP contribution in [0.4, 0.5) is 5.95 Å². The Hall–Kier alpha value is -1.54. The van der Waals surface area contributed by atoms with Crippen molar-refractivity contribution in [1.82, 2.24) is 19.6 Å². The molecule has 2 N–H and O–H groups in total. The Bertz CT molecular complexity index is 774. The highest BCUT2D eigenvalue weighted by molar-refractivity contribution is 7.53. The minimum Gasteiger partial charge on any atom is -0.368 e. The van der Waals surface area contributed by atoms with Crippen LogP contribution in [0.25, 0.3) is 5.65 Å². The largest absolute Gasteiger partial charge is 0.368 e. The van der Waals surface area contributed by atoms with Gasteiger partial charge in [0.25, 0.3) is 0 Å². The van der Waals surface area contributed by atoms with Gasteiger partial charge in [-0.2, -0.15) is 9.61 Å². The van der Waals surface area contributed by atoms with Crippen LogP contribution in [0.2, 0.25) is 0 Å². The van der Waals surface area contributed by atoms with Gasteiger partial charge >= 0.3 is 7.60 Å². The highest BCUT2D eigenvalue weighted by atomic mass is 31.2. The molecular weight excluding hydrogens is 333 g/mol. The second kappa shape index (κ2) is 6.40. The normalized spacial score (nSPS) is 18.8. The summed E-state index contributed by atoms with van der Waals surface area (Å²) in [5, 5.41) is 4.20. The number of anilines is 1. The summed E-state index contributed by atoms with van der Waals surface area (Å²) in [6.45, 7) is 3.61. The third-order valence-corrected chi connectivity index (χ3v) is 5.65. The van der Waals surface area contributed by atoms with Gasteiger partial charge in [0.15, 0.2) is 5.65 Å². The number of aromatic nitrogens is 4. The lowest BCUT2D eigenvalue weighted by atomic mass is 10.1. The van der Waals surface area contributed by atoms with Crippen molar-refractivity contribution in [2.45, 2.75) is 44.8 Å². The van der Waals surface area contributed by atoms with Crippen molar-refractivity contribution >= 4 is 19.2 Å². The number of hydrogen-bond donors (Lipinski definition) is 1. The van der Waals surface area contributed by atoms with Crippen LogP contribution >= 0.6 is 7.60 Å². The van der Waals surface area contributed by atoms with Gasteiger partial charge in [0, 0.05) is 19.1 Å². The van der Waals surface area contributed by atoms with Crippen LogP contribution in [0.15, 0.2) is 12.5 Å². The predicted molar refractivity (Wildman–Crippen MR) is 87.7 cm³/mol. The summed E-state index contributed by atoms with van der Waals surface area (Å²) in [5.41, 5.74) is 6.97. The van der Waals surface area contributed by atoms with Gasteiger partial charge in [-0.25, -0.2) is 9.97 Å². The van der Waals surface area contributed by atoms with E-state index in [1.54, 1.807) is 6.20 Å². The van der Waals surface area contributed by atoms with Gasteiger partial charge in [0.1, 0.15) is 12.7 Å². The molecule has 9 nitrogen and oxygen atoms in total. The maximum absolute atomic E-state index is 12.5. The summed E-state index contributed by atoms with van der Waals surface area (Å²) in [4.78, 5) is 8.13. The van der Waals surface area contributed by atoms with Gasteiger partial charge in [-0.1, -0.05) is 0 Å². The number of nitrogens with two attached hydrogens (primary N) is 1. The zero-order chi connectivity index (χ0) is 17.4. The number of nitrogen functional groups attached to an aromatic ring is 1. The van der Waals surface area contributed by atoms with Crippen LogP contribution in [0.1, 0.15) is 32.3 Å². The van der Waals surface area contributed by atoms with E-state index in [1.165, 1.54) is 18.0 Å². The summed E-state index contributed by atoms with van der Waals surface area (Å²) in [7, 11) is -1.88. The van der Waals surface area contributed by atoms with E-state index in [4.69, 9.17) is 19.5 Å². The number of nitrogens with zero attached hydrogens (tertiary/aromatic N) is 4. The van der Waals surface area contributed by atoms with Gasteiger partial charge < -0.3 is 19.5 Å². The molecule has 1 atom stereocenters. The molecule has 10 heteroatoms. The first kappa shape index (κ1) is 17.3. The summed E-state index contributed by atoms with van der Waals surface area (Å²) in [6, 6.07) is 0. The Kier molecular flexibility index (Phi) is 4.61. The first-order chi connectivity index (χ1) is 11.4. The Morgan fingerprint density at radius 1 is 1.42 bits per heavy atom. The van der Waals surface area contributed by atoms with E-state index in [2.05, 4.69) is 15.1 Å². The summed E-state index contributed by atoms with van der Waals surface area (Å²) in [5.74, 6) is 0.284. The fourth-order valence-corrected chi connectivity index (χ4v) is 3.85. The topological polar surface area (TPSA) is 114 Å². The molecule has 1 fully saturated rings. The minimum atomic E-state index is -3.25. The molecule has 132 valence electrons. The SMILES string of the molecule is COP(=O)(COC1(Cc2cnn3c(N)ncnc23)CC1)OC(C)C. The summed E-state index contributed by atoms with van der Waals surface area (Å²) < 4.78 is 30.4. The zero-order valence-electron chi connectivity index (χ0n) is 14.0. The van der Waals surface area contributed by atoms with Crippen molar-refractivity contribution in [2.24, 2.45) is 0 Å². The lowest BCUT2D eigenvalue weighted by Gasteiger charge is -2.22. The molecule has 0 bridgehead atoms. The van der Waals surface area contributed by atoms with E-state index in [9.17, 15) is 4.57 Å². The van der Waals surface area contributed by atoms with Crippen molar-refractivity contribution in [2.75, 3.05) is 19.2 Å². The molecule has 24 heavy (non-hydrogen) atoms. The Balaban J connectivity index is 1.70. The van der Waals surface area contributed by atoms with Crippen molar-refractivity contribution in [3.63, 3.8) is 0 Å². The summed E-state index contributed by atoms with van der Waals surface area (Å²) >= 11 is 0. The fourth-order valence-electron chi connectivity index (χ4n) is 2.53. The van der Waals surface area contributed by atoms with Crippen molar-refractivity contribution in [3.05, 3.63) is 18.1 Å². The predicted octanol–water partition coefficient (Wildman–Crippen LogP) is 2.02. The minimum absolute atomic E-state index is 0.0714. The molecule has 0 amide bonds. The van der Waals surface area contributed by atoms with Crippen LogP contribution < -0.4 is 5.73 Å². The van der Waals surface area contributed by atoms with Gasteiger partial charge in [-0.05, 0) is 26.7 Å². The molecule has 1 aliphatic carbocycles. The second-order valence-corrected chi connectivity index (χ2v) is 8.27. The second-order valence-electron chi connectivity index (χ2n) is 6.22. The average molecular weight is 355 g/mol. The lowest BCUT2D eigenvalue weighted by Crippen LogP contribution is -2.20. The monoisotopic (exact) mass is 355 g/mol. The van der Waals surface area contributed by atoms with Crippen LogP contribution in [-0.2, 0) is 24.8 Å². The van der Waals surface area contributed by atoms with Crippen LogP contribution in [0.5, 0.6) is 0 Å². The molecule has 0 saturated heterocycles. The van der Waals surface area contributed by atoms with E-state index in [1.807, 2.05) is 13.8 Å². The standard InChI is InChI=1S/C14H22N5O4P/c1-10(2)23-24(20,21-3)9-22-14(4-5-14)6-11-7-18-19-12(11)16-8-17-13(19)15/h7-8,10H,4-6,9H2,1-3H3,(H2,15,16,17). The van der Waals surface area contributed by atoms with Gasteiger partial charge in [-0.15, -0.1) is 0 Å².